The first-order chi connectivity index (χ1) is 26.6. The second-order valence-corrected chi connectivity index (χ2v) is 14.3. The summed E-state index contributed by atoms with van der Waals surface area (Å²) in [4.78, 5) is 68.2. The molecule has 0 aliphatic carbocycles. The minimum Gasteiger partial charge on any atom is -0.461 e. The van der Waals surface area contributed by atoms with Gasteiger partial charge in [0.1, 0.15) is 23.8 Å². The van der Waals surface area contributed by atoms with E-state index in [1.165, 1.54) is 85.2 Å². The van der Waals surface area contributed by atoms with Crippen LogP contribution in [0.15, 0.2) is 53.5 Å². The number of halogens is 2. The highest BCUT2D eigenvalue weighted by Crippen LogP contribution is 2.30. The topological polar surface area (TPSA) is 133 Å². The van der Waals surface area contributed by atoms with E-state index in [0.29, 0.717) is 31.1 Å². The number of rotatable bonds is 19. The van der Waals surface area contributed by atoms with Crippen molar-refractivity contribution in [1.82, 2.24) is 14.8 Å². The van der Waals surface area contributed by atoms with Gasteiger partial charge in [-0.25, -0.2) is 13.6 Å². The van der Waals surface area contributed by atoms with Crippen LogP contribution in [0.2, 0.25) is 0 Å². The fourth-order valence-electron chi connectivity index (χ4n) is 6.89. The summed E-state index contributed by atoms with van der Waals surface area (Å²) in [6, 6.07) is 8.74. The number of amides is 2. The number of hydrogen-bond acceptors (Lipinski definition) is 8. The zero-order valence-corrected chi connectivity index (χ0v) is 31.7. The van der Waals surface area contributed by atoms with Crippen molar-refractivity contribution in [3.05, 3.63) is 98.5 Å². The summed E-state index contributed by atoms with van der Waals surface area (Å²) in [5.41, 5.74) is -1.02. The van der Waals surface area contributed by atoms with Gasteiger partial charge in [0.05, 0.1) is 18.7 Å². The molecular formula is C42H51F2N3O8. The summed E-state index contributed by atoms with van der Waals surface area (Å²) in [7, 11) is 0. The zero-order valence-electron chi connectivity index (χ0n) is 31.7. The summed E-state index contributed by atoms with van der Waals surface area (Å²) in [5, 5.41) is 2.45. The van der Waals surface area contributed by atoms with Gasteiger partial charge in [-0.1, -0.05) is 89.3 Å². The highest BCUT2D eigenvalue weighted by molar-refractivity contribution is 6.01. The summed E-state index contributed by atoms with van der Waals surface area (Å²) < 4.78 is 45.9. The molecule has 3 aromatic rings. The molecule has 13 heteroatoms. The second-order valence-electron chi connectivity index (χ2n) is 14.3. The number of pyridine rings is 1. The van der Waals surface area contributed by atoms with E-state index in [9.17, 15) is 32.8 Å². The van der Waals surface area contributed by atoms with Gasteiger partial charge in [-0.3, -0.25) is 19.2 Å². The molecule has 11 nitrogen and oxygen atoms in total. The van der Waals surface area contributed by atoms with Crippen LogP contribution in [0.25, 0.3) is 0 Å². The average Bonchev–Trinajstić information content (AvgIpc) is 3.16. The first-order valence-corrected chi connectivity index (χ1v) is 19.5. The number of carbonyl (C=O) groups excluding carboxylic acids is 4. The molecule has 1 N–H and O–H groups in total. The fraction of sp³-hybridized carbons (Fsp3) is 0.500. The predicted molar refractivity (Wildman–Crippen MR) is 200 cm³/mol. The quantitative estimate of drug-likeness (QED) is 0.0975. The smallest absolute Gasteiger partial charge is 0.343 e. The Hall–Kier alpha value is -4.91. The van der Waals surface area contributed by atoms with E-state index in [4.69, 9.17) is 14.2 Å². The van der Waals surface area contributed by atoms with Crippen molar-refractivity contribution in [1.29, 1.82) is 0 Å². The third kappa shape index (κ3) is 11.1. The lowest BCUT2D eigenvalue weighted by atomic mass is 10.1. The van der Waals surface area contributed by atoms with Crippen LogP contribution in [-0.2, 0) is 34.0 Å². The Kier molecular flexibility index (Phi) is 15.1. The Balaban J connectivity index is 1.20. The zero-order chi connectivity index (χ0) is 39.3. The largest absolute Gasteiger partial charge is 0.461 e. The molecule has 0 radical (unpaired) electrons. The molecule has 1 aromatic heterocycles. The molecule has 2 aromatic carbocycles. The van der Waals surface area contributed by atoms with Gasteiger partial charge < -0.3 is 29.0 Å². The Morgan fingerprint density at radius 2 is 1.58 bits per heavy atom. The standard InChI is InChI=1S/C42H51F2N3O8/c1-3-4-5-6-7-8-9-10-11-12-13-14-36(48)54-27-29-15-17-30(18-16-29)42(52)55-39-37-41(51)47-28(2)21-22-53-35(47)26-46(37)25-33(38(39)49)40(50)45-24-31-19-20-32(43)23-34(31)44/h15-20,23,25,28,35H,3-14,21-22,24,26-27H2,1-2H3,(H,45,50)/t28-,35+/m1/s1. The monoisotopic (exact) mass is 763 g/mol. The number of fused-ring (bicyclic) bond motifs is 2. The molecule has 55 heavy (non-hydrogen) atoms. The van der Waals surface area contributed by atoms with E-state index in [-0.39, 0.29) is 48.5 Å². The Morgan fingerprint density at radius 3 is 2.25 bits per heavy atom. The van der Waals surface area contributed by atoms with Gasteiger partial charge in [-0.2, -0.15) is 0 Å². The maximum Gasteiger partial charge on any atom is 0.343 e. The summed E-state index contributed by atoms with van der Waals surface area (Å²) in [6.07, 6.45) is 14.5. The normalized spacial score (nSPS) is 16.3. The lowest BCUT2D eigenvalue weighted by Gasteiger charge is -2.44. The van der Waals surface area contributed by atoms with Crippen molar-refractivity contribution >= 4 is 23.8 Å². The van der Waals surface area contributed by atoms with Crippen LogP contribution in [0.4, 0.5) is 8.78 Å². The molecule has 0 spiro atoms. The molecule has 2 aliphatic rings. The van der Waals surface area contributed by atoms with Crippen LogP contribution in [0.5, 0.6) is 5.75 Å². The van der Waals surface area contributed by atoms with Gasteiger partial charge in [0, 0.05) is 36.8 Å². The van der Waals surface area contributed by atoms with Crippen LogP contribution in [0, 0.1) is 11.6 Å². The Morgan fingerprint density at radius 1 is 0.909 bits per heavy atom. The van der Waals surface area contributed by atoms with Crippen molar-refractivity contribution in [2.75, 3.05) is 6.61 Å². The van der Waals surface area contributed by atoms with Crippen LogP contribution < -0.4 is 15.5 Å². The maximum atomic E-state index is 14.2. The second kappa shape index (κ2) is 20.1. The van der Waals surface area contributed by atoms with E-state index in [1.807, 2.05) is 6.92 Å². The Bertz CT molecular complexity index is 1880. The number of nitrogens with one attached hydrogen (secondary N) is 1. The van der Waals surface area contributed by atoms with E-state index >= 15 is 0 Å². The molecule has 1 fully saturated rings. The SMILES string of the molecule is CCCCCCCCCCCCCC(=O)OCc1ccc(C(=O)Oc2c3n(cc(C(=O)NCc4ccc(F)cc4F)c2=O)C[C@@H]2OCC[C@@H](C)N2C3=O)cc1. The molecular weight excluding hydrogens is 712 g/mol. The Labute approximate surface area is 320 Å². The highest BCUT2D eigenvalue weighted by Gasteiger charge is 2.42. The van der Waals surface area contributed by atoms with Crippen LogP contribution in [0.1, 0.15) is 140 Å². The first-order valence-electron chi connectivity index (χ1n) is 19.5. The third-order valence-electron chi connectivity index (χ3n) is 10.1. The molecule has 296 valence electrons. The highest BCUT2D eigenvalue weighted by atomic mass is 19.1. The summed E-state index contributed by atoms with van der Waals surface area (Å²) in [5.74, 6) is -5.07. The fourth-order valence-corrected chi connectivity index (χ4v) is 6.89. The molecule has 2 aliphatic heterocycles. The van der Waals surface area contributed by atoms with Gasteiger partial charge in [-0.05, 0) is 43.5 Å². The summed E-state index contributed by atoms with van der Waals surface area (Å²) >= 11 is 0. The van der Waals surface area contributed by atoms with E-state index in [0.717, 1.165) is 25.3 Å². The van der Waals surface area contributed by atoms with Gasteiger partial charge in [-0.15, -0.1) is 0 Å². The number of aromatic nitrogens is 1. The van der Waals surface area contributed by atoms with Gasteiger partial charge in [0.2, 0.25) is 11.2 Å². The van der Waals surface area contributed by atoms with Crippen LogP contribution >= 0.6 is 0 Å². The van der Waals surface area contributed by atoms with Gasteiger partial charge in [0.25, 0.3) is 11.8 Å². The van der Waals surface area contributed by atoms with Crippen molar-refractivity contribution in [2.24, 2.45) is 0 Å². The number of esters is 2. The molecule has 3 heterocycles. The minimum atomic E-state index is -1.02. The number of carbonyl (C=O) groups is 4. The molecule has 0 bridgehead atoms. The first kappa shape index (κ1) is 41.3. The van der Waals surface area contributed by atoms with Gasteiger partial charge in [0.15, 0.2) is 11.9 Å². The predicted octanol–water partition coefficient (Wildman–Crippen LogP) is 7.61. The number of nitrogens with zero attached hydrogens (tertiary/aromatic N) is 2. The van der Waals surface area contributed by atoms with Crippen molar-refractivity contribution in [3.63, 3.8) is 0 Å². The molecule has 0 unspecified atom stereocenters. The minimum absolute atomic E-state index is 0.0163. The average molecular weight is 764 g/mol. The number of ether oxygens (including phenoxy) is 3. The van der Waals surface area contributed by atoms with Crippen LogP contribution in [-0.4, -0.2) is 52.1 Å². The van der Waals surface area contributed by atoms with Crippen molar-refractivity contribution in [2.45, 2.75) is 129 Å². The maximum absolute atomic E-state index is 14.2. The number of unbranched alkanes of at least 4 members (excludes halogenated alkanes) is 10. The lowest BCUT2D eigenvalue weighted by Crippen LogP contribution is -2.57. The van der Waals surface area contributed by atoms with Crippen LogP contribution in [0.3, 0.4) is 0 Å². The molecule has 2 amide bonds. The number of hydrogen-bond donors (Lipinski definition) is 1. The van der Waals surface area contributed by atoms with Crippen molar-refractivity contribution < 1.29 is 42.2 Å². The molecule has 0 saturated carbocycles. The van der Waals surface area contributed by atoms with E-state index in [1.54, 1.807) is 12.1 Å². The molecule has 2 atom stereocenters. The summed E-state index contributed by atoms with van der Waals surface area (Å²) in [6.45, 7) is 4.18. The van der Waals surface area contributed by atoms with E-state index in [2.05, 4.69) is 12.2 Å². The van der Waals surface area contributed by atoms with Gasteiger partial charge >= 0.3 is 11.9 Å². The molecule has 1 saturated heterocycles. The molecule has 5 rings (SSSR count). The number of benzene rings is 2. The van der Waals surface area contributed by atoms with Crippen molar-refractivity contribution in [3.8, 4) is 5.75 Å². The lowest BCUT2D eigenvalue weighted by molar-refractivity contribution is -0.145. The third-order valence-corrected chi connectivity index (χ3v) is 10.1. The van der Waals surface area contributed by atoms with E-state index < -0.39 is 52.4 Å².